The van der Waals surface area contributed by atoms with E-state index in [4.69, 9.17) is 0 Å². The molecule has 3 unspecified atom stereocenters. The van der Waals surface area contributed by atoms with Gasteiger partial charge in [0.2, 0.25) is 0 Å². The molecule has 1 rings (SSSR count). The molecule has 0 amide bonds. The van der Waals surface area contributed by atoms with Crippen molar-refractivity contribution in [2.75, 3.05) is 0 Å². The molecule has 0 bridgehead atoms. The average molecular weight is 167 g/mol. The van der Waals surface area contributed by atoms with Crippen LogP contribution in [0.25, 0.3) is 0 Å². The molecule has 0 aromatic rings. The fourth-order valence-electron chi connectivity index (χ4n) is 1.65. The van der Waals surface area contributed by atoms with E-state index in [9.17, 15) is 0 Å². The fourth-order valence-corrected chi connectivity index (χ4v) is 1.65. The van der Waals surface area contributed by atoms with Crippen LogP contribution in [0.5, 0.6) is 0 Å². The lowest BCUT2D eigenvalue weighted by molar-refractivity contribution is 0.563. The topological polar surface area (TPSA) is 12.0 Å². The molecular weight excluding hydrogens is 146 g/mol. The molecule has 1 aliphatic rings. The third-order valence-corrected chi connectivity index (χ3v) is 2.94. The first-order valence-corrected chi connectivity index (χ1v) is 5.14. The summed E-state index contributed by atoms with van der Waals surface area (Å²) in [5.41, 5.74) is 1.27. The SMILES string of the molecule is C=C(NC(C)CC)C1CC1CC. The van der Waals surface area contributed by atoms with Crippen molar-refractivity contribution in [2.45, 2.75) is 46.1 Å². The number of rotatable bonds is 5. The zero-order chi connectivity index (χ0) is 9.14. The predicted octanol–water partition coefficient (Wildman–Crippen LogP) is 2.93. The van der Waals surface area contributed by atoms with E-state index in [1.54, 1.807) is 0 Å². The monoisotopic (exact) mass is 167 g/mol. The Hall–Kier alpha value is -0.460. The normalized spacial score (nSPS) is 29.6. The molecule has 1 heteroatoms. The number of hydrogen-bond acceptors (Lipinski definition) is 1. The summed E-state index contributed by atoms with van der Waals surface area (Å²) in [5.74, 6) is 1.71. The van der Waals surface area contributed by atoms with Gasteiger partial charge in [0.15, 0.2) is 0 Å². The van der Waals surface area contributed by atoms with Crippen LogP contribution in [-0.2, 0) is 0 Å². The lowest BCUT2D eigenvalue weighted by Crippen LogP contribution is -2.25. The van der Waals surface area contributed by atoms with E-state index in [1.807, 2.05) is 0 Å². The molecule has 0 spiro atoms. The lowest BCUT2D eigenvalue weighted by atomic mass is 10.2. The first kappa shape index (κ1) is 9.63. The molecule has 70 valence electrons. The van der Waals surface area contributed by atoms with Crippen LogP contribution in [0.2, 0.25) is 0 Å². The van der Waals surface area contributed by atoms with Gasteiger partial charge in [-0.3, -0.25) is 0 Å². The van der Waals surface area contributed by atoms with Gasteiger partial charge in [0, 0.05) is 17.7 Å². The molecule has 1 aliphatic carbocycles. The first-order chi connectivity index (χ1) is 5.69. The summed E-state index contributed by atoms with van der Waals surface area (Å²) in [7, 11) is 0. The van der Waals surface area contributed by atoms with Crippen molar-refractivity contribution in [3.05, 3.63) is 12.3 Å². The highest BCUT2D eigenvalue weighted by atomic mass is 14.9. The molecule has 1 saturated carbocycles. The van der Waals surface area contributed by atoms with Crippen molar-refractivity contribution in [2.24, 2.45) is 11.8 Å². The van der Waals surface area contributed by atoms with Crippen LogP contribution in [0.3, 0.4) is 0 Å². The summed E-state index contributed by atoms with van der Waals surface area (Å²) >= 11 is 0. The Balaban J connectivity index is 2.22. The Morgan fingerprint density at radius 3 is 2.67 bits per heavy atom. The number of nitrogens with one attached hydrogen (secondary N) is 1. The summed E-state index contributed by atoms with van der Waals surface area (Å²) in [6.45, 7) is 10.8. The highest BCUT2D eigenvalue weighted by Crippen LogP contribution is 2.44. The van der Waals surface area contributed by atoms with Crippen LogP contribution in [0.15, 0.2) is 12.3 Å². The van der Waals surface area contributed by atoms with E-state index in [0.717, 1.165) is 11.8 Å². The fraction of sp³-hybridized carbons (Fsp3) is 0.818. The molecule has 3 atom stereocenters. The summed E-state index contributed by atoms with van der Waals surface area (Å²) in [6.07, 6.45) is 3.85. The minimum atomic E-state index is 0.593. The number of hydrogen-bond donors (Lipinski definition) is 1. The summed E-state index contributed by atoms with van der Waals surface area (Å²) < 4.78 is 0. The van der Waals surface area contributed by atoms with E-state index in [2.05, 4.69) is 32.7 Å². The van der Waals surface area contributed by atoms with Gasteiger partial charge >= 0.3 is 0 Å². The van der Waals surface area contributed by atoms with Crippen molar-refractivity contribution >= 4 is 0 Å². The van der Waals surface area contributed by atoms with Crippen LogP contribution >= 0.6 is 0 Å². The molecule has 1 N–H and O–H groups in total. The predicted molar refractivity (Wildman–Crippen MR) is 53.9 cm³/mol. The van der Waals surface area contributed by atoms with Gasteiger partial charge in [0.1, 0.15) is 0 Å². The Kier molecular flexibility index (Phi) is 3.19. The smallest absolute Gasteiger partial charge is 0.0227 e. The van der Waals surface area contributed by atoms with Crippen molar-refractivity contribution < 1.29 is 0 Å². The molecule has 1 fully saturated rings. The largest absolute Gasteiger partial charge is 0.386 e. The molecule has 0 aromatic carbocycles. The minimum Gasteiger partial charge on any atom is -0.386 e. The van der Waals surface area contributed by atoms with Crippen LogP contribution < -0.4 is 5.32 Å². The second-order valence-electron chi connectivity index (χ2n) is 3.99. The summed E-state index contributed by atoms with van der Waals surface area (Å²) in [5, 5.41) is 3.46. The molecule has 12 heavy (non-hydrogen) atoms. The maximum atomic E-state index is 4.09. The van der Waals surface area contributed by atoms with Crippen molar-refractivity contribution in [3.8, 4) is 0 Å². The van der Waals surface area contributed by atoms with Gasteiger partial charge in [0.05, 0.1) is 0 Å². The van der Waals surface area contributed by atoms with E-state index < -0.39 is 0 Å². The standard InChI is InChI=1S/C11H21N/c1-5-8(3)12-9(4)11-7-10(11)6-2/h8,10-12H,4-7H2,1-3H3. The molecule has 0 heterocycles. The second kappa shape index (κ2) is 3.97. The van der Waals surface area contributed by atoms with Gasteiger partial charge in [-0.15, -0.1) is 0 Å². The molecule has 1 nitrogen and oxygen atoms in total. The molecule has 0 aromatic heterocycles. The molecular formula is C11H21N. The van der Waals surface area contributed by atoms with Crippen molar-refractivity contribution in [1.82, 2.24) is 5.32 Å². The summed E-state index contributed by atoms with van der Waals surface area (Å²) in [4.78, 5) is 0. The van der Waals surface area contributed by atoms with E-state index in [-0.39, 0.29) is 0 Å². The average Bonchev–Trinajstić information content (AvgIpc) is 2.82. The zero-order valence-electron chi connectivity index (χ0n) is 8.56. The van der Waals surface area contributed by atoms with Crippen LogP contribution in [-0.4, -0.2) is 6.04 Å². The van der Waals surface area contributed by atoms with E-state index in [0.29, 0.717) is 6.04 Å². The Bertz CT molecular complexity index is 162. The van der Waals surface area contributed by atoms with Gasteiger partial charge in [-0.25, -0.2) is 0 Å². The molecule has 0 saturated heterocycles. The van der Waals surface area contributed by atoms with Gasteiger partial charge in [-0.05, 0) is 25.7 Å². The van der Waals surface area contributed by atoms with Crippen molar-refractivity contribution in [1.29, 1.82) is 0 Å². The van der Waals surface area contributed by atoms with Gasteiger partial charge < -0.3 is 5.32 Å². The second-order valence-corrected chi connectivity index (χ2v) is 3.99. The minimum absolute atomic E-state index is 0.593. The van der Waals surface area contributed by atoms with Crippen LogP contribution in [0, 0.1) is 11.8 Å². The van der Waals surface area contributed by atoms with Gasteiger partial charge in [0.25, 0.3) is 0 Å². The maximum Gasteiger partial charge on any atom is 0.0227 e. The highest BCUT2D eigenvalue weighted by Gasteiger charge is 2.37. The van der Waals surface area contributed by atoms with Crippen molar-refractivity contribution in [3.63, 3.8) is 0 Å². The Labute approximate surface area is 76.2 Å². The third kappa shape index (κ3) is 2.26. The Morgan fingerprint density at radius 1 is 1.58 bits per heavy atom. The quantitative estimate of drug-likeness (QED) is 0.664. The summed E-state index contributed by atoms with van der Waals surface area (Å²) in [6, 6.07) is 0.593. The lowest BCUT2D eigenvalue weighted by Gasteiger charge is -2.15. The first-order valence-electron chi connectivity index (χ1n) is 5.14. The molecule has 0 radical (unpaired) electrons. The number of allylic oxidation sites excluding steroid dienone is 1. The molecule has 0 aliphatic heterocycles. The zero-order valence-corrected chi connectivity index (χ0v) is 8.56. The third-order valence-electron chi connectivity index (χ3n) is 2.94. The highest BCUT2D eigenvalue weighted by molar-refractivity contribution is 5.10. The maximum absolute atomic E-state index is 4.09. The Morgan fingerprint density at radius 2 is 2.25 bits per heavy atom. The van der Waals surface area contributed by atoms with Crippen LogP contribution in [0.4, 0.5) is 0 Å². The van der Waals surface area contributed by atoms with E-state index >= 15 is 0 Å². The van der Waals surface area contributed by atoms with E-state index in [1.165, 1.54) is 25.0 Å². The van der Waals surface area contributed by atoms with Gasteiger partial charge in [-0.2, -0.15) is 0 Å². The van der Waals surface area contributed by atoms with Crippen LogP contribution in [0.1, 0.15) is 40.0 Å². The van der Waals surface area contributed by atoms with Gasteiger partial charge in [-0.1, -0.05) is 26.8 Å².